The van der Waals surface area contributed by atoms with Crippen molar-refractivity contribution in [1.82, 2.24) is 0 Å². The predicted octanol–water partition coefficient (Wildman–Crippen LogP) is 6.71. The Labute approximate surface area is 222 Å². The van der Waals surface area contributed by atoms with Gasteiger partial charge in [-0.2, -0.15) is 10.5 Å². The molecule has 1 heterocycles. The molecule has 0 N–H and O–H groups in total. The Bertz CT molecular complexity index is 1430. The number of thiophene rings is 1. The highest BCUT2D eigenvalue weighted by Gasteiger charge is 2.23. The topological polar surface area (TPSA) is 100 Å². The van der Waals surface area contributed by atoms with Gasteiger partial charge in [0.2, 0.25) is 0 Å². The summed E-state index contributed by atoms with van der Waals surface area (Å²) >= 11 is 13.2. The van der Waals surface area contributed by atoms with Crippen molar-refractivity contribution in [2.24, 2.45) is 0 Å². The lowest BCUT2D eigenvalue weighted by Gasteiger charge is -2.11. The molecule has 0 aliphatic carbocycles. The van der Waals surface area contributed by atoms with E-state index in [9.17, 15) is 20.1 Å². The second-order valence-electron chi connectivity index (χ2n) is 7.52. The monoisotopic (exact) mass is 538 g/mol. The summed E-state index contributed by atoms with van der Waals surface area (Å²) in [4.78, 5) is 25.9. The number of halogens is 2. The molecule has 182 valence electrons. The molecule has 2 aromatic carbocycles. The molecule has 3 rings (SSSR count). The van der Waals surface area contributed by atoms with Crippen molar-refractivity contribution in [3.63, 3.8) is 0 Å². The van der Waals surface area contributed by atoms with Gasteiger partial charge in [-0.1, -0.05) is 47.5 Å². The number of carbonyl (C=O) groups is 2. The number of benzene rings is 2. The zero-order valence-corrected chi connectivity index (χ0v) is 21.8. The number of allylic oxidation sites excluding steroid dienone is 1. The Kier molecular flexibility index (Phi) is 9.27. The van der Waals surface area contributed by atoms with E-state index in [-0.39, 0.29) is 35.6 Å². The Hall–Kier alpha value is -3.62. The normalized spacial score (nSPS) is 10.9. The van der Waals surface area contributed by atoms with Crippen LogP contribution in [0.5, 0.6) is 5.75 Å². The first-order valence-electron chi connectivity index (χ1n) is 10.8. The molecule has 1 aromatic heterocycles. The number of hydrogen-bond donors (Lipinski definition) is 0. The number of esters is 1. The molecule has 3 aromatic rings. The fraction of sp³-hybridized carbons (Fsp3) is 0.185. The van der Waals surface area contributed by atoms with E-state index in [4.69, 9.17) is 32.7 Å². The minimum atomic E-state index is -0.543. The van der Waals surface area contributed by atoms with Gasteiger partial charge in [-0.3, -0.25) is 4.79 Å². The van der Waals surface area contributed by atoms with Gasteiger partial charge >= 0.3 is 5.97 Å². The molecular formula is C27H20Cl2N2O4S. The van der Waals surface area contributed by atoms with Gasteiger partial charge in [0.05, 0.1) is 17.7 Å². The molecule has 0 fully saturated rings. The number of nitrogens with zero attached hydrogens (tertiary/aromatic N) is 2. The van der Waals surface area contributed by atoms with Crippen molar-refractivity contribution >= 4 is 52.4 Å². The Morgan fingerprint density at radius 1 is 1.14 bits per heavy atom. The first-order valence-corrected chi connectivity index (χ1v) is 12.4. The third-order valence-electron chi connectivity index (χ3n) is 5.15. The average Bonchev–Trinajstić information content (AvgIpc) is 3.17. The van der Waals surface area contributed by atoms with E-state index in [0.29, 0.717) is 31.8 Å². The van der Waals surface area contributed by atoms with Gasteiger partial charge in [0, 0.05) is 32.5 Å². The third kappa shape index (κ3) is 6.33. The van der Waals surface area contributed by atoms with E-state index < -0.39 is 11.8 Å². The van der Waals surface area contributed by atoms with E-state index >= 15 is 0 Å². The van der Waals surface area contributed by atoms with Gasteiger partial charge in [0.25, 0.3) is 0 Å². The smallest absolute Gasteiger partial charge is 0.348 e. The lowest BCUT2D eigenvalue weighted by Crippen LogP contribution is -2.05. The van der Waals surface area contributed by atoms with Crippen molar-refractivity contribution in [2.45, 2.75) is 26.9 Å². The fourth-order valence-electron chi connectivity index (χ4n) is 3.33. The maximum Gasteiger partial charge on any atom is 0.348 e. The van der Waals surface area contributed by atoms with Crippen LogP contribution in [0.15, 0.2) is 48.0 Å². The molecule has 0 aliphatic rings. The molecule has 0 bridgehead atoms. The Morgan fingerprint density at radius 2 is 1.89 bits per heavy atom. The number of Topliss-reactive ketones (excluding diaryl/α,β-unsaturated/α-hetero) is 1. The maximum absolute atomic E-state index is 13.0. The van der Waals surface area contributed by atoms with Crippen LogP contribution in [0.3, 0.4) is 0 Å². The van der Waals surface area contributed by atoms with Crippen molar-refractivity contribution in [1.29, 1.82) is 10.5 Å². The van der Waals surface area contributed by atoms with Crippen LogP contribution in [0.4, 0.5) is 0 Å². The molecule has 9 heteroatoms. The van der Waals surface area contributed by atoms with Crippen LogP contribution in [0, 0.1) is 29.6 Å². The molecule has 0 saturated heterocycles. The van der Waals surface area contributed by atoms with Gasteiger partial charge in [0.15, 0.2) is 5.78 Å². The summed E-state index contributed by atoms with van der Waals surface area (Å²) in [6, 6.07) is 16.0. The highest BCUT2D eigenvalue weighted by atomic mass is 35.5. The van der Waals surface area contributed by atoms with E-state index in [1.54, 1.807) is 56.3 Å². The highest BCUT2D eigenvalue weighted by molar-refractivity contribution is 7.14. The van der Waals surface area contributed by atoms with Crippen LogP contribution < -0.4 is 4.74 Å². The molecular weight excluding hydrogens is 519 g/mol. The Balaban J connectivity index is 1.85. The van der Waals surface area contributed by atoms with Gasteiger partial charge in [0.1, 0.15) is 29.4 Å². The molecule has 0 amide bonds. The van der Waals surface area contributed by atoms with Crippen LogP contribution >= 0.6 is 34.5 Å². The zero-order chi connectivity index (χ0) is 26.2. The van der Waals surface area contributed by atoms with Crippen LogP contribution in [0.25, 0.3) is 6.08 Å². The molecule has 0 saturated carbocycles. The quantitative estimate of drug-likeness (QED) is 0.170. The first kappa shape index (κ1) is 27.0. The second kappa shape index (κ2) is 12.4. The molecule has 0 aliphatic heterocycles. The van der Waals surface area contributed by atoms with Gasteiger partial charge in [-0.25, -0.2) is 4.79 Å². The van der Waals surface area contributed by atoms with Gasteiger partial charge < -0.3 is 9.47 Å². The SMILES string of the molecule is CCOC(=O)c1sc(CC(=O)/C(C#N)=C/c2ccccc2OCc2ccc(Cl)cc2Cl)c(C#N)c1C. The number of rotatable bonds is 9. The predicted molar refractivity (Wildman–Crippen MR) is 139 cm³/mol. The maximum atomic E-state index is 13.0. The second-order valence-corrected chi connectivity index (χ2v) is 9.47. The molecule has 0 unspecified atom stereocenters. The summed E-state index contributed by atoms with van der Waals surface area (Å²) in [5, 5.41) is 20.2. The number of ketones is 1. The van der Waals surface area contributed by atoms with Crippen LogP contribution in [0.1, 0.15) is 43.7 Å². The van der Waals surface area contributed by atoms with Crippen molar-refractivity contribution in [3.05, 3.63) is 90.1 Å². The number of ether oxygens (including phenoxy) is 2. The standard InChI is InChI=1S/C27H20Cl2N2O4S/c1-3-34-27(33)26-16(2)21(14-31)25(36-26)12-23(32)19(13-30)10-17-6-4-5-7-24(17)35-15-18-8-9-20(28)11-22(18)29/h4-11H,3,12,15H2,1-2H3/b19-10+. The first-order chi connectivity index (χ1) is 17.3. The summed E-state index contributed by atoms with van der Waals surface area (Å²) in [5.74, 6) is -0.572. The Morgan fingerprint density at radius 3 is 2.56 bits per heavy atom. The summed E-state index contributed by atoms with van der Waals surface area (Å²) in [7, 11) is 0. The minimum Gasteiger partial charge on any atom is -0.488 e. The molecule has 36 heavy (non-hydrogen) atoms. The highest BCUT2D eigenvalue weighted by Crippen LogP contribution is 2.30. The molecule has 0 spiro atoms. The van der Waals surface area contributed by atoms with Crippen LogP contribution in [-0.4, -0.2) is 18.4 Å². The summed E-state index contributed by atoms with van der Waals surface area (Å²) in [6.07, 6.45) is 1.25. The lowest BCUT2D eigenvalue weighted by molar-refractivity contribution is -0.114. The molecule has 6 nitrogen and oxygen atoms in total. The molecule has 0 radical (unpaired) electrons. The summed E-state index contributed by atoms with van der Waals surface area (Å²) in [6.45, 7) is 3.68. The van der Waals surface area contributed by atoms with Crippen LogP contribution in [-0.2, 0) is 22.6 Å². The zero-order valence-electron chi connectivity index (χ0n) is 19.4. The van der Waals surface area contributed by atoms with E-state index in [2.05, 4.69) is 6.07 Å². The summed E-state index contributed by atoms with van der Waals surface area (Å²) < 4.78 is 10.9. The summed E-state index contributed by atoms with van der Waals surface area (Å²) in [5.41, 5.74) is 1.86. The van der Waals surface area contributed by atoms with E-state index in [1.165, 1.54) is 6.08 Å². The lowest BCUT2D eigenvalue weighted by atomic mass is 10.0. The number of nitriles is 2. The number of para-hydroxylation sites is 1. The fourth-order valence-corrected chi connectivity index (χ4v) is 4.94. The number of carbonyl (C=O) groups excluding carboxylic acids is 2. The van der Waals surface area contributed by atoms with Crippen LogP contribution in [0.2, 0.25) is 10.0 Å². The molecule has 0 atom stereocenters. The van der Waals surface area contributed by atoms with Gasteiger partial charge in [-0.15, -0.1) is 11.3 Å². The third-order valence-corrected chi connectivity index (χ3v) is 7.01. The van der Waals surface area contributed by atoms with Crippen molar-refractivity contribution in [2.75, 3.05) is 6.61 Å². The average molecular weight is 539 g/mol. The minimum absolute atomic E-state index is 0.108. The van der Waals surface area contributed by atoms with Gasteiger partial charge in [-0.05, 0) is 43.7 Å². The van der Waals surface area contributed by atoms with E-state index in [0.717, 1.165) is 16.9 Å². The largest absolute Gasteiger partial charge is 0.488 e. The number of hydrogen-bond acceptors (Lipinski definition) is 7. The van der Waals surface area contributed by atoms with Crippen molar-refractivity contribution < 1.29 is 19.1 Å². The van der Waals surface area contributed by atoms with E-state index in [1.807, 2.05) is 6.07 Å². The van der Waals surface area contributed by atoms with Crippen molar-refractivity contribution in [3.8, 4) is 17.9 Å².